The van der Waals surface area contributed by atoms with Crippen LogP contribution in [0.3, 0.4) is 0 Å². The highest BCUT2D eigenvalue weighted by molar-refractivity contribution is 6.31. The number of nitrogens with zero attached hydrogens (tertiary/aromatic N) is 1. The number of hydrogen-bond acceptors (Lipinski definition) is 3. The third kappa shape index (κ3) is 3.78. The van der Waals surface area contributed by atoms with E-state index in [4.69, 9.17) is 21.3 Å². The third-order valence-electron chi connectivity index (χ3n) is 5.70. The highest BCUT2D eigenvalue weighted by Crippen LogP contribution is 2.38. The molecule has 0 radical (unpaired) electrons. The molecule has 0 bridgehead atoms. The van der Waals surface area contributed by atoms with E-state index >= 15 is 0 Å². The van der Waals surface area contributed by atoms with E-state index in [2.05, 4.69) is 6.08 Å². The van der Waals surface area contributed by atoms with Gasteiger partial charge in [0.05, 0.1) is 21.8 Å². The van der Waals surface area contributed by atoms with Gasteiger partial charge >= 0.3 is 5.97 Å². The molecule has 158 valence electrons. The van der Waals surface area contributed by atoms with E-state index in [9.17, 15) is 9.18 Å². The summed E-state index contributed by atoms with van der Waals surface area (Å²) < 4.78 is 19.7. The van der Waals surface area contributed by atoms with Gasteiger partial charge in [0.1, 0.15) is 12.4 Å². The van der Waals surface area contributed by atoms with Crippen LogP contribution in [0.1, 0.15) is 39.2 Å². The summed E-state index contributed by atoms with van der Waals surface area (Å²) in [4.78, 5) is 18.1. The minimum Gasteiger partial charge on any atom is -0.457 e. The lowest BCUT2D eigenvalue weighted by atomic mass is 10.0. The molecule has 5 heteroatoms. The van der Waals surface area contributed by atoms with Gasteiger partial charge in [-0.25, -0.2) is 14.2 Å². The van der Waals surface area contributed by atoms with E-state index in [1.807, 2.05) is 54.6 Å². The first-order valence-electron chi connectivity index (χ1n) is 10.4. The van der Waals surface area contributed by atoms with Crippen molar-refractivity contribution in [3.8, 4) is 0 Å². The molecule has 0 N–H and O–H groups in total. The average Bonchev–Trinajstić information content (AvgIpc) is 3.19. The van der Waals surface area contributed by atoms with Gasteiger partial charge in [-0.15, -0.1) is 0 Å². The van der Waals surface area contributed by atoms with E-state index in [1.165, 1.54) is 12.1 Å². The zero-order valence-corrected chi connectivity index (χ0v) is 17.9. The molecular weight excluding hydrogens is 425 g/mol. The number of para-hydroxylation sites is 1. The maximum absolute atomic E-state index is 14.1. The Balaban J connectivity index is 1.56. The number of carbonyl (C=O) groups excluding carboxylic acids is 1. The fourth-order valence-corrected chi connectivity index (χ4v) is 4.36. The van der Waals surface area contributed by atoms with E-state index in [0.29, 0.717) is 12.0 Å². The van der Waals surface area contributed by atoms with Gasteiger partial charge in [0.2, 0.25) is 0 Å². The number of ether oxygens (including phenoxy) is 1. The summed E-state index contributed by atoms with van der Waals surface area (Å²) in [7, 11) is 0. The van der Waals surface area contributed by atoms with Crippen molar-refractivity contribution in [1.82, 2.24) is 4.98 Å². The number of halogens is 2. The van der Waals surface area contributed by atoms with Crippen molar-refractivity contribution in [2.75, 3.05) is 0 Å². The SMILES string of the molecule is O=C(OCc1c(F)cccc1Cl)c1c2c(nc3ccccc13)C(=Cc1ccccc1)CC2. The second-order valence-electron chi connectivity index (χ2n) is 7.69. The predicted octanol–water partition coefficient (Wildman–Crippen LogP) is 6.87. The van der Waals surface area contributed by atoms with Gasteiger partial charge in [-0.05, 0) is 53.8 Å². The molecule has 32 heavy (non-hydrogen) atoms. The van der Waals surface area contributed by atoms with Crippen molar-refractivity contribution in [2.24, 2.45) is 0 Å². The first kappa shape index (κ1) is 20.4. The summed E-state index contributed by atoms with van der Waals surface area (Å²) in [5.74, 6) is -0.997. The molecule has 3 aromatic carbocycles. The van der Waals surface area contributed by atoms with Crippen LogP contribution in [0, 0.1) is 5.82 Å². The summed E-state index contributed by atoms with van der Waals surface area (Å²) in [6, 6.07) is 22.0. The number of pyridine rings is 1. The Morgan fingerprint density at radius 2 is 1.78 bits per heavy atom. The molecule has 3 nitrogen and oxygen atoms in total. The van der Waals surface area contributed by atoms with Crippen molar-refractivity contribution in [1.29, 1.82) is 0 Å². The van der Waals surface area contributed by atoms with Gasteiger partial charge in [-0.2, -0.15) is 0 Å². The first-order chi connectivity index (χ1) is 15.6. The third-order valence-corrected chi connectivity index (χ3v) is 6.05. The molecule has 1 heterocycles. The molecule has 5 rings (SSSR count). The minimum absolute atomic E-state index is 0.169. The predicted molar refractivity (Wildman–Crippen MR) is 125 cm³/mol. The zero-order valence-electron chi connectivity index (χ0n) is 17.1. The Hall–Kier alpha value is -3.50. The average molecular weight is 444 g/mol. The largest absolute Gasteiger partial charge is 0.457 e. The maximum Gasteiger partial charge on any atom is 0.339 e. The van der Waals surface area contributed by atoms with Crippen LogP contribution >= 0.6 is 11.6 Å². The van der Waals surface area contributed by atoms with Crippen LogP contribution in [0.5, 0.6) is 0 Å². The number of rotatable bonds is 4. The highest BCUT2D eigenvalue weighted by atomic mass is 35.5. The normalized spacial score (nSPS) is 14.0. The van der Waals surface area contributed by atoms with Crippen LogP contribution in [-0.2, 0) is 17.8 Å². The molecule has 0 saturated carbocycles. The topological polar surface area (TPSA) is 39.2 Å². The van der Waals surface area contributed by atoms with Crippen LogP contribution in [0.25, 0.3) is 22.6 Å². The lowest BCUT2D eigenvalue weighted by Crippen LogP contribution is -2.11. The smallest absolute Gasteiger partial charge is 0.339 e. The Labute approximate surface area is 190 Å². The van der Waals surface area contributed by atoms with E-state index in [-0.39, 0.29) is 17.2 Å². The molecular formula is C27H19ClFNO2. The van der Waals surface area contributed by atoms with Crippen molar-refractivity contribution >= 4 is 40.1 Å². The Bertz CT molecular complexity index is 1340. The molecule has 0 amide bonds. The quantitative estimate of drug-likeness (QED) is 0.323. The van der Waals surface area contributed by atoms with Crippen molar-refractivity contribution in [3.05, 3.63) is 112 Å². The number of benzene rings is 3. The van der Waals surface area contributed by atoms with Crippen molar-refractivity contribution in [2.45, 2.75) is 19.4 Å². The Kier molecular flexibility index (Phi) is 5.46. The van der Waals surface area contributed by atoms with Gasteiger partial charge in [-0.3, -0.25) is 0 Å². The van der Waals surface area contributed by atoms with Crippen LogP contribution in [0.2, 0.25) is 5.02 Å². The summed E-state index contributed by atoms with van der Waals surface area (Å²) >= 11 is 6.10. The van der Waals surface area contributed by atoms with Gasteiger partial charge in [0, 0.05) is 10.9 Å². The molecule has 0 atom stereocenters. The molecule has 0 saturated heterocycles. The fraction of sp³-hybridized carbons (Fsp3) is 0.111. The molecule has 1 aliphatic rings. The Morgan fingerprint density at radius 3 is 2.59 bits per heavy atom. The van der Waals surface area contributed by atoms with Crippen molar-refractivity contribution in [3.63, 3.8) is 0 Å². The molecule has 0 fully saturated rings. The number of carbonyl (C=O) groups is 1. The van der Waals surface area contributed by atoms with Gasteiger partial charge in [0.25, 0.3) is 0 Å². The number of hydrogen-bond donors (Lipinski definition) is 0. The zero-order chi connectivity index (χ0) is 22.1. The van der Waals surface area contributed by atoms with Gasteiger partial charge < -0.3 is 4.74 Å². The monoisotopic (exact) mass is 443 g/mol. The number of esters is 1. The molecule has 1 aromatic heterocycles. The van der Waals surface area contributed by atoms with Crippen LogP contribution < -0.4 is 0 Å². The number of fused-ring (bicyclic) bond motifs is 2. The molecule has 0 unspecified atom stereocenters. The summed E-state index contributed by atoms with van der Waals surface area (Å²) in [5.41, 5.74) is 5.26. The molecule has 0 aliphatic heterocycles. The molecule has 0 spiro atoms. The summed E-state index contributed by atoms with van der Waals surface area (Å²) in [6.45, 7) is -0.234. The maximum atomic E-state index is 14.1. The van der Waals surface area contributed by atoms with Crippen LogP contribution in [0.4, 0.5) is 4.39 Å². The van der Waals surface area contributed by atoms with E-state index in [1.54, 1.807) is 6.07 Å². The lowest BCUT2D eigenvalue weighted by molar-refractivity contribution is 0.0470. The minimum atomic E-state index is -0.500. The summed E-state index contributed by atoms with van der Waals surface area (Å²) in [5, 5.41) is 0.965. The number of allylic oxidation sites excluding steroid dienone is 1. The van der Waals surface area contributed by atoms with Gasteiger partial charge in [-0.1, -0.05) is 66.2 Å². The Morgan fingerprint density at radius 1 is 1.00 bits per heavy atom. The fourth-order valence-electron chi connectivity index (χ4n) is 4.14. The van der Waals surface area contributed by atoms with E-state index in [0.717, 1.165) is 39.7 Å². The van der Waals surface area contributed by atoms with Crippen LogP contribution in [-0.4, -0.2) is 11.0 Å². The summed E-state index contributed by atoms with van der Waals surface area (Å²) in [6.07, 6.45) is 3.59. The van der Waals surface area contributed by atoms with Crippen molar-refractivity contribution < 1.29 is 13.9 Å². The molecule has 4 aromatic rings. The second kappa shape index (κ2) is 8.56. The standard InChI is InChI=1S/C27H19ClFNO2/c28-22-10-6-11-23(29)21(22)16-32-27(31)25-19-9-4-5-12-24(19)30-26-18(13-14-20(25)26)15-17-7-2-1-3-8-17/h1-12,15H,13-14,16H2. The first-order valence-corrected chi connectivity index (χ1v) is 10.8. The highest BCUT2D eigenvalue weighted by Gasteiger charge is 2.27. The van der Waals surface area contributed by atoms with E-state index < -0.39 is 11.8 Å². The molecule has 1 aliphatic carbocycles. The number of aromatic nitrogens is 1. The second-order valence-corrected chi connectivity index (χ2v) is 8.09. The van der Waals surface area contributed by atoms with Crippen LogP contribution in [0.15, 0.2) is 72.8 Å². The van der Waals surface area contributed by atoms with Gasteiger partial charge in [0.15, 0.2) is 0 Å². The lowest BCUT2D eigenvalue weighted by Gasteiger charge is -2.13.